The molecule has 7 heteroatoms. The van der Waals surface area contributed by atoms with Crippen LogP contribution in [0.5, 0.6) is 0 Å². The first-order chi connectivity index (χ1) is 7.44. The Balaban J connectivity index is 2.75. The number of hydrogen-bond acceptors (Lipinski definition) is 3. The van der Waals surface area contributed by atoms with E-state index in [0.29, 0.717) is 4.99 Å². The molecule has 88 valence electrons. The van der Waals surface area contributed by atoms with Crippen LogP contribution in [0.25, 0.3) is 0 Å². The predicted octanol–water partition coefficient (Wildman–Crippen LogP) is -0.125. The average Bonchev–Trinajstić information content (AvgIpc) is 2.27. The van der Waals surface area contributed by atoms with Gasteiger partial charge >= 0.3 is 0 Å². The molecule has 0 bridgehead atoms. The van der Waals surface area contributed by atoms with Crippen molar-refractivity contribution in [1.82, 2.24) is 9.44 Å². The zero-order valence-corrected chi connectivity index (χ0v) is 10.4. The topological polar surface area (TPSA) is 84.2 Å². The molecule has 0 fully saturated rings. The summed E-state index contributed by atoms with van der Waals surface area (Å²) < 4.78 is 26.8. The summed E-state index contributed by atoms with van der Waals surface area (Å²) in [5.74, 6) is 0. The van der Waals surface area contributed by atoms with E-state index in [-0.39, 0.29) is 6.54 Å². The lowest BCUT2D eigenvalue weighted by Crippen LogP contribution is -2.33. The maximum atomic E-state index is 11.1. The summed E-state index contributed by atoms with van der Waals surface area (Å²) in [6.07, 6.45) is 0. The van der Waals surface area contributed by atoms with E-state index in [9.17, 15) is 8.42 Å². The Hall–Kier alpha value is -1.02. The first kappa shape index (κ1) is 13.0. The normalized spacial score (nSPS) is 11.3. The van der Waals surface area contributed by atoms with Crippen molar-refractivity contribution in [2.24, 2.45) is 5.73 Å². The van der Waals surface area contributed by atoms with Gasteiger partial charge in [-0.05, 0) is 11.6 Å². The maximum absolute atomic E-state index is 11.1. The van der Waals surface area contributed by atoms with Crippen LogP contribution < -0.4 is 15.2 Å². The van der Waals surface area contributed by atoms with E-state index in [0.717, 1.165) is 11.1 Å². The molecule has 0 spiro atoms. The van der Waals surface area contributed by atoms with Gasteiger partial charge in [-0.1, -0.05) is 30.4 Å². The molecule has 5 nitrogen and oxygen atoms in total. The summed E-state index contributed by atoms with van der Waals surface area (Å²) >= 11 is 4.83. The van der Waals surface area contributed by atoms with Crippen molar-refractivity contribution in [3.8, 4) is 0 Å². The molecule has 16 heavy (non-hydrogen) atoms. The minimum atomic E-state index is -3.41. The Morgan fingerprint density at radius 1 is 1.50 bits per heavy atom. The highest BCUT2D eigenvalue weighted by Crippen LogP contribution is 2.05. The van der Waals surface area contributed by atoms with Crippen LogP contribution in [0.4, 0.5) is 0 Å². The van der Waals surface area contributed by atoms with Crippen molar-refractivity contribution in [3.63, 3.8) is 0 Å². The summed E-state index contributed by atoms with van der Waals surface area (Å²) in [6.45, 7) is 0.194. The third-order valence-corrected chi connectivity index (χ3v) is 3.24. The van der Waals surface area contributed by atoms with E-state index in [2.05, 4.69) is 9.44 Å². The Morgan fingerprint density at radius 2 is 2.19 bits per heavy atom. The molecule has 0 atom stereocenters. The van der Waals surface area contributed by atoms with Gasteiger partial charge in [-0.3, -0.25) is 0 Å². The highest BCUT2D eigenvalue weighted by Gasteiger charge is 2.05. The Bertz CT molecular complexity index is 485. The number of nitrogens with two attached hydrogens (primary N) is 1. The molecule has 0 aliphatic carbocycles. The van der Waals surface area contributed by atoms with E-state index in [1.54, 1.807) is 24.3 Å². The van der Waals surface area contributed by atoms with Gasteiger partial charge in [0.1, 0.15) is 4.99 Å². The van der Waals surface area contributed by atoms with Gasteiger partial charge in [0.2, 0.25) is 0 Å². The van der Waals surface area contributed by atoms with Gasteiger partial charge < -0.3 is 5.73 Å². The number of thiocarbonyl (C=S) groups is 1. The van der Waals surface area contributed by atoms with Crippen molar-refractivity contribution < 1.29 is 8.42 Å². The van der Waals surface area contributed by atoms with Crippen LogP contribution in [0, 0.1) is 0 Å². The van der Waals surface area contributed by atoms with Crippen LogP contribution in [0.2, 0.25) is 0 Å². The summed E-state index contributed by atoms with van der Waals surface area (Å²) in [7, 11) is -2.07. The SMILES string of the molecule is CNS(=O)(=O)NCc1cccc(C(N)=S)c1. The van der Waals surface area contributed by atoms with Gasteiger partial charge in [0, 0.05) is 19.2 Å². The lowest BCUT2D eigenvalue weighted by molar-refractivity contribution is 0.573. The first-order valence-corrected chi connectivity index (χ1v) is 6.40. The molecule has 1 aromatic carbocycles. The van der Waals surface area contributed by atoms with E-state index >= 15 is 0 Å². The second kappa shape index (κ2) is 5.35. The highest BCUT2D eigenvalue weighted by atomic mass is 32.2. The summed E-state index contributed by atoms with van der Waals surface area (Å²) in [5, 5.41) is 0. The van der Waals surface area contributed by atoms with Crippen molar-refractivity contribution in [2.75, 3.05) is 7.05 Å². The minimum Gasteiger partial charge on any atom is -0.389 e. The van der Waals surface area contributed by atoms with Crippen LogP contribution >= 0.6 is 12.2 Å². The van der Waals surface area contributed by atoms with Gasteiger partial charge in [-0.25, -0.2) is 4.72 Å². The molecular weight excluding hydrogens is 246 g/mol. The van der Waals surface area contributed by atoms with Crippen LogP contribution in [0.1, 0.15) is 11.1 Å². The first-order valence-electron chi connectivity index (χ1n) is 4.51. The number of rotatable bonds is 5. The summed E-state index contributed by atoms with van der Waals surface area (Å²) in [4.78, 5) is 0.290. The molecule has 0 heterocycles. The number of benzene rings is 1. The molecule has 0 saturated heterocycles. The smallest absolute Gasteiger partial charge is 0.276 e. The molecule has 0 radical (unpaired) electrons. The minimum absolute atomic E-state index is 0.194. The number of nitrogens with one attached hydrogen (secondary N) is 2. The molecular formula is C9H13N3O2S2. The van der Waals surface area contributed by atoms with E-state index in [4.69, 9.17) is 18.0 Å². The van der Waals surface area contributed by atoms with Crippen molar-refractivity contribution in [2.45, 2.75) is 6.54 Å². The van der Waals surface area contributed by atoms with E-state index < -0.39 is 10.2 Å². The molecule has 0 aromatic heterocycles. The third-order valence-electron chi connectivity index (χ3n) is 1.95. The van der Waals surface area contributed by atoms with Crippen LogP contribution in [0.3, 0.4) is 0 Å². The molecule has 1 rings (SSSR count). The molecule has 0 aliphatic heterocycles. The van der Waals surface area contributed by atoms with Gasteiger partial charge in [0.25, 0.3) is 10.2 Å². The zero-order chi connectivity index (χ0) is 12.2. The largest absolute Gasteiger partial charge is 0.389 e. The fraction of sp³-hybridized carbons (Fsp3) is 0.222. The Kier molecular flexibility index (Phi) is 4.36. The maximum Gasteiger partial charge on any atom is 0.276 e. The number of hydrogen-bond donors (Lipinski definition) is 3. The fourth-order valence-electron chi connectivity index (χ4n) is 1.09. The molecule has 0 amide bonds. The molecule has 4 N–H and O–H groups in total. The van der Waals surface area contributed by atoms with Crippen LogP contribution in [-0.2, 0) is 16.8 Å². The highest BCUT2D eigenvalue weighted by molar-refractivity contribution is 7.87. The van der Waals surface area contributed by atoms with E-state index in [1.165, 1.54) is 7.05 Å². The fourth-order valence-corrected chi connectivity index (χ4v) is 1.71. The molecule has 0 unspecified atom stereocenters. The quantitative estimate of drug-likeness (QED) is 0.643. The Morgan fingerprint density at radius 3 is 2.75 bits per heavy atom. The predicted molar refractivity (Wildman–Crippen MR) is 67.1 cm³/mol. The molecule has 0 aliphatic rings. The second-order valence-electron chi connectivity index (χ2n) is 3.09. The second-order valence-corrected chi connectivity index (χ2v) is 5.24. The van der Waals surface area contributed by atoms with Gasteiger partial charge in [-0.2, -0.15) is 13.1 Å². The zero-order valence-electron chi connectivity index (χ0n) is 8.73. The monoisotopic (exact) mass is 259 g/mol. The van der Waals surface area contributed by atoms with Crippen molar-refractivity contribution in [1.29, 1.82) is 0 Å². The van der Waals surface area contributed by atoms with E-state index in [1.807, 2.05) is 0 Å². The van der Waals surface area contributed by atoms with Gasteiger partial charge in [0.05, 0.1) is 0 Å². The summed E-state index contributed by atoms with van der Waals surface area (Å²) in [6, 6.07) is 7.09. The lowest BCUT2D eigenvalue weighted by atomic mass is 10.1. The van der Waals surface area contributed by atoms with Gasteiger partial charge in [0.15, 0.2) is 0 Å². The Labute approximate surface area is 100 Å². The third kappa shape index (κ3) is 3.86. The van der Waals surface area contributed by atoms with Gasteiger partial charge in [-0.15, -0.1) is 0 Å². The van der Waals surface area contributed by atoms with Crippen LogP contribution in [-0.4, -0.2) is 20.5 Å². The molecule has 0 saturated carbocycles. The standard InChI is InChI=1S/C9H13N3O2S2/c1-11-16(13,14)12-6-7-3-2-4-8(5-7)9(10)15/h2-5,11-12H,6H2,1H3,(H2,10,15). The lowest BCUT2D eigenvalue weighted by Gasteiger charge is -2.06. The molecule has 1 aromatic rings. The van der Waals surface area contributed by atoms with Crippen LogP contribution in [0.15, 0.2) is 24.3 Å². The summed E-state index contributed by atoms with van der Waals surface area (Å²) in [5.41, 5.74) is 6.99. The van der Waals surface area contributed by atoms with Crippen molar-refractivity contribution in [3.05, 3.63) is 35.4 Å². The average molecular weight is 259 g/mol. The van der Waals surface area contributed by atoms with Crippen molar-refractivity contribution >= 4 is 27.4 Å².